The average molecular weight is 561 g/mol. The second-order valence-corrected chi connectivity index (χ2v) is 12.1. The van der Waals surface area contributed by atoms with Crippen LogP contribution >= 0.6 is 11.6 Å². The van der Waals surface area contributed by atoms with Crippen LogP contribution in [0.3, 0.4) is 0 Å². The van der Waals surface area contributed by atoms with Crippen molar-refractivity contribution in [1.29, 1.82) is 0 Å². The summed E-state index contributed by atoms with van der Waals surface area (Å²) in [5, 5.41) is 10.8. The van der Waals surface area contributed by atoms with E-state index < -0.39 is 11.4 Å². The number of carbonyl (C=O) groups is 1. The highest BCUT2D eigenvalue weighted by atomic mass is 35.5. The van der Waals surface area contributed by atoms with Crippen LogP contribution in [0.2, 0.25) is 5.02 Å². The SMILES string of the molecule is CC(C)(C)OC(=O)N1CCN2Cc3c(N4C5CCC4COC5)nc(-c4c(O)cccc4F)c(Cl)c3OC[C@H]2C1. The number of nitrogens with zero attached hydrogens (tertiary/aromatic N) is 4. The van der Waals surface area contributed by atoms with Crippen molar-refractivity contribution < 1.29 is 28.5 Å². The summed E-state index contributed by atoms with van der Waals surface area (Å²) in [5.74, 6) is 0.292. The van der Waals surface area contributed by atoms with Gasteiger partial charge in [0, 0.05) is 26.2 Å². The lowest BCUT2D eigenvalue weighted by Crippen LogP contribution is -2.56. The zero-order chi connectivity index (χ0) is 27.5. The molecule has 0 radical (unpaired) electrons. The number of benzene rings is 1. The van der Waals surface area contributed by atoms with Gasteiger partial charge in [0.1, 0.15) is 46.1 Å². The van der Waals surface area contributed by atoms with Crippen LogP contribution in [0.1, 0.15) is 39.2 Å². The number of pyridine rings is 1. The Hall–Kier alpha value is -2.82. The molecule has 3 atom stereocenters. The first-order valence-corrected chi connectivity index (χ1v) is 13.9. The molecule has 0 spiro atoms. The molecule has 5 heterocycles. The van der Waals surface area contributed by atoms with E-state index in [9.17, 15) is 9.90 Å². The highest BCUT2D eigenvalue weighted by molar-refractivity contribution is 6.35. The fraction of sp³-hybridized carbons (Fsp3) is 0.571. The van der Waals surface area contributed by atoms with E-state index in [-0.39, 0.29) is 52.9 Å². The molecule has 2 aromatic rings. The van der Waals surface area contributed by atoms with Gasteiger partial charge in [0.15, 0.2) is 0 Å². The molecule has 1 aromatic heterocycles. The highest BCUT2D eigenvalue weighted by Gasteiger charge is 2.43. The largest absolute Gasteiger partial charge is 0.507 e. The number of morpholine rings is 1. The molecule has 9 nitrogen and oxygen atoms in total. The van der Waals surface area contributed by atoms with Crippen molar-refractivity contribution >= 4 is 23.5 Å². The molecule has 39 heavy (non-hydrogen) atoms. The average Bonchev–Trinajstić information content (AvgIpc) is 3.03. The second kappa shape index (κ2) is 9.98. The predicted octanol–water partition coefficient (Wildman–Crippen LogP) is 4.43. The lowest BCUT2D eigenvalue weighted by atomic mass is 10.0. The first-order valence-electron chi connectivity index (χ1n) is 13.5. The number of amides is 1. The Bertz CT molecular complexity index is 1250. The fourth-order valence-electron chi connectivity index (χ4n) is 6.09. The van der Waals surface area contributed by atoms with Crippen molar-refractivity contribution in [2.24, 2.45) is 0 Å². The van der Waals surface area contributed by atoms with Gasteiger partial charge in [-0.15, -0.1) is 0 Å². The van der Waals surface area contributed by atoms with Crippen molar-refractivity contribution in [2.75, 3.05) is 44.4 Å². The summed E-state index contributed by atoms with van der Waals surface area (Å²) in [6.07, 6.45) is 1.61. The van der Waals surface area contributed by atoms with Crippen molar-refractivity contribution in [3.63, 3.8) is 0 Å². The van der Waals surface area contributed by atoms with Gasteiger partial charge in [-0.2, -0.15) is 0 Å². The Kier molecular flexibility index (Phi) is 6.76. The quantitative estimate of drug-likeness (QED) is 0.577. The van der Waals surface area contributed by atoms with Gasteiger partial charge in [-0.1, -0.05) is 17.7 Å². The molecule has 6 rings (SSSR count). The molecule has 4 aliphatic rings. The third-order valence-electron chi connectivity index (χ3n) is 7.92. The topological polar surface area (TPSA) is 87.6 Å². The molecule has 2 unspecified atom stereocenters. The predicted molar refractivity (Wildman–Crippen MR) is 144 cm³/mol. The van der Waals surface area contributed by atoms with Crippen LogP contribution in [0.5, 0.6) is 11.5 Å². The van der Waals surface area contributed by atoms with Gasteiger partial charge in [-0.3, -0.25) is 4.90 Å². The number of anilines is 1. The van der Waals surface area contributed by atoms with E-state index in [4.69, 9.17) is 30.8 Å². The number of phenols is 1. The molecule has 1 aromatic carbocycles. The summed E-state index contributed by atoms with van der Waals surface area (Å²) < 4.78 is 32.9. The molecule has 2 bridgehead atoms. The summed E-state index contributed by atoms with van der Waals surface area (Å²) >= 11 is 6.91. The molecule has 4 aliphatic heterocycles. The summed E-state index contributed by atoms with van der Waals surface area (Å²) in [6, 6.07) is 4.35. The van der Waals surface area contributed by atoms with Crippen molar-refractivity contribution in [3.8, 4) is 22.8 Å². The zero-order valence-electron chi connectivity index (χ0n) is 22.5. The minimum Gasteiger partial charge on any atom is -0.507 e. The van der Waals surface area contributed by atoms with Gasteiger partial charge in [0.2, 0.25) is 0 Å². The molecule has 0 saturated carbocycles. The molecule has 11 heteroatoms. The maximum atomic E-state index is 15.1. The number of aromatic hydroxyl groups is 1. The molecule has 3 saturated heterocycles. The van der Waals surface area contributed by atoms with Crippen LogP contribution in [-0.2, 0) is 16.0 Å². The van der Waals surface area contributed by atoms with Crippen molar-refractivity contribution in [2.45, 2.75) is 63.9 Å². The Morgan fingerprint density at radius 1 is 1.15 bits per heavy atom. The standard InChI is InChI=1S/C28H34ClFN4O5/c1-28(2,3)39-27(36)33-10-9-32-12-19-25(38-15-18(32)11-33)23(29)24(22-20(30)5-4-6-21(22)35)31-26(19)34-16-7-8-17(34)14-37-13-16/h4-6,16-18,35H,7-15H2,1-3H3/t16?,17?,18-/m1/s1. The van der Waals surface area contributed by atoms with E-state index >= 15 is 4.39 Å². The lowest BCUT2D eigenvalue weighted by molar-refractivity contribution is -0.00155. The number of halogens is 2. The van der Waals surface area contributed by atoms with Crippen LogP contribution in [-0.4, -0.2) is 89.2 Å². The summed E-state index contributed by atoms with van der Waals surface area (Å²) in [7, 11) is 0. The number of hydrogen-bond acceptors (Lipinski definition) is 8. The summed E-state index contributed by atoms with van der Waals surface area (Å²) in [5.41, 5.74) is 0.368. The van der Waals surface area contributed by atoms with Crippen LogP contribution < -0.4 is 9.64 Å². The van der Waals surface area contributed by atoms with Gasteiger partial charge in [0.05, 0.1) is 42.5 Å². The van der Waals surface area contributed by atoms with Gasteiger partial charge < -0.3 is 29.1 Å². The number of carbonyl (C=O) groups excluding carboxylic acids is 1. The smallest absolute Gasteiger partial charge is 0.410 e. The van der Waals surface area contributed by atoms with E-state index in [1.807, 2.05) is 20.8 Å². The number of aromatic nitrogens is 1. The normalized spacial score (nSPS) is 25.0. The number of rotatable bonds is 2. The fourth-order valence-corrected chi connectivity index (χ4v) is 6.40. The molecule has 3 fully saturated rings. The molecular weight excluding hydrogens is 527 g/mol. The molecular formula is C28H34ClFN4O5. The Labute approximate surface area is 232 Å². The van der Waals surface area contributed by atoms with Gasteiger partial charge in [-0.05, 0) is 45.7 Å². The number of ether oxygens (including phenoxy) is 3. The van der Waals surface area contributed by atoms with Gasteiger partial charge in [-0.25, -0.2) is 14.2 Å². The van der Waals surface area contributed by atoms with Crippen LogP contribution in [0.15, 0.2) is 18.2 Å². The number of piperazine rings is 1. The van der Waals surface area contributed by atoms with E-state index in [0.717, 1.165) is 18.4 Å². The lowest BCUT2D eigenvalue weighted by Gasteiger charge is -2.41. The first-order chi connectivity index (χ1) is 18.6. The third kappa shape index (κ3) is 4.87. The van der Waals surface area contributed by atoms with E-state index in [1.54, 1.807) is 4.90 Å². The number of phenolic OH excluding ortho intramolecular Hbond substituents is 1. The third-order valence-corrected chi connectivity index (χ3v) is 8.27. The van der Waals surface area contributed by atoms with E-state index in [0.29, 0.717) is 51.0 Å². The minimum absolute atomic E-state index is 0.0474. The van der Waals surface area contributed by atoms with E-state index in [2.05, 4.69) is 9.80 Å². The second-order valence-electron chi connectivity index (χ2n) is 11.7. The minimum atomic E-state index is -0.612. The van der Waals surface area contributed by atoms with E-state index in [1.165, 1.54) is 18.2 Å². The van der Waals surface area contributed by atoms with Crippen LogP contribution in [0.25, 0.3) is 11.3 Å². The Morgan fingerprint density at radius 3 is 2.59 bits per heavy atom. The van der Waals surface area contributed by atoms with Crippen molar-refractivity contribution in [3.05, 3.63) is 34.6 Å². The number of fused-ring (bicyclic) bond motifs is 4. The van der Waals surface area contributed by atoms with Crippen LogP contribution in [0, 0.1) is 5.82 Å². The highest BCUT2D eigenvalue weighted by Crippen LogP contribution is 2.48. The summed E-state index contributed by atoms with van der Waals surface area (Å²) in [4.78, 5) is 24.0. The molecule has 0 aliphatic carbocycles. The van der Waals surface area contributed by atoms with Gasteiger partial charge in [0.25, 0.3) is 0 Å². The monoisotopic (exact) mass is 560 g/mol. The maximum absolute atomic E-state index is 15.1. The number of hydrogen-bond donors (Lipinski definition) is 1. The molecule has 1 amide bonds. The van der Waals surface area contributed by atoms with Crippen LogP contribution in [0.4, 0.5) is 15.0 Å². The molecule has 210 valence electrons. The first kappa shape index (κ1) is 26.4. The Balaban J connectivity index is 1.40. The zero-order valence-corrected chi connectivity index (χ0v) is 23.2. The van der Waals surface area contributed by atoms with Gasteiger partial charge >= 0.3 is 6.09 Å². The van der Waals surface area contributed by atoms with Crippen molar-refractivity contribution in [1.82, 2.24) is 14.8 Å². The Morgan fingerprint density at radius 2 is 1.90 bits per heavy atom. The summed E-state index contributed by atoms with van der Waals surface area (Å²) in [6.45, 7) is 9.16. The molecule has 1 N–H and O–H groups in total. The maximum Gasteiger partial charge on any atom is 0.410 e.